The zero-order valence-electron chi connectivity index (χ0n) is 35.4. The van der Waals surface area contributed by atoms with Crippen LogP contribution >= 0.6 is 0 Å². The first-order valence-electron chi connectivity index (χ1n) is 22.0. The van der Waals surface area contributed by atoms with Gasteiger partial charge in [0.2, 0.25) is 0 Å². The molecule has 8 nitrogen and oxygen atoms in total. The third-order valence-corrected chi connectivity index (χ3v) is 10.6. The Morgan fingerprint density at radius 3 is 0.815 bits per heavy atom. The van der Waals surface area contributed by atoms with E-state index in [1.165, 1.54) is 77.0 Å². The molecular formula is C46H78O8. The fraction of sp³-hybridized carbons (Fsp3) is 0.783. The van der Waals surface area contributed by atoms with Crippen molar-refractivity contribution in [3.05, 3.63) is 35.4 Å². The van der Waals surface area contributed by atoms with Crippen LogP contribution < -0.4 is 0 Å². The van der Waals surface area contributed by atoms with E-state index < -0.39 is 34.7 Å². The molecule has 0 radical (unpaired) electrons. The monoisotopic (exact) mass is 759 g/mol. The molecule has 54 heavy (non-hydrogen) atoms. The standard InChI is InChI=1S/C46H78O8/c1-7-13-15-17-19-21-23-25-27-29-35-45(41(47)51-9-3,42(48)52-10-4)37-39-31-33-40(34-32-39)38-46(43(49)53-11-5,44(50)54-12-6)36-30-28-26-24-22-20-18-16-14-8-2/h31-34H,7-30,35-38H2,1-6H3. The van der Waals surface area contributed by atoms with E-state index in [0.717, 1.165) is 49.7 Å². The number of rotatable bonds is 34. The number of unbranched alkanes of at least 4 members (excludes halogenated alkanes) is 18. The van der Waals surface area contributed by atoms with Gasteiger partial charge in [-0.2, -0.15) is 0 Å². The number of benzene rings is 1. The molecule has 0 aliphatic heterocycles. The van der Waals surface area contributed by atoms with E-state index in [1.807, 2.05) is 24.3 Å². The lowest BCUT2D eigenvalue weighted by molar-refractivity contribution is -0.174. The molecule has 1 aromatic rings. The van der Waals surface area contributed by atoms with Crippen LogP contribution in [0.3, 0.4) is 0 Å². The van der Waals surface area contributed by atoms with Crippen LogP contribution in [-0.2, 0) is 51.0 Å². The second-order valence-electron chi connectivity index (χ2n) is 15.1. The minimum Gasteiger partial charge on any atom is -0.465 e. The molecule has 1 rings (SSSR count). The van der Waals surface area contributed by atoms with Crippen molar-refractivity contribution in [1.29, 1.82) is 0 Å². The molecule has 0 bridgehead atoms. The fourth-order valence-corrected chi connectivity index (χ4v) is 7.42. The molecule has 310 valence electrons. The minimum atomic E-state index is -1.46. The molecule has 0 N–H and O–H groups in total. The maximum absolute atomic E-state index is 13.6. The molecular weight excluding hydrogens is 680 g/mol. The summed E-state index contributed by atoms with van der Waals surface area (Å²) in [5.74, 6) is -2.21. The highest BCUT2D eigenvalue weighted by molar-refractivity contribution is 6.01. The van der Waals surface area contributed by atoms with Crippen LogP contribution in [0.25, 0.3) is 0 Å². The number of hydrogen-bond acceptors (Lipinski definition) is 8. The van der Waals surface area contributed by atoms with Gasteiger partial charge in [0.1, 0.15) is 0 Å². The Kier molecular flexibility index (Phi) is 27.6. The zero-order valence-corrected chi connectivity index (χ0v) is 35.4. The van der Waals surface area contributed by atoms with Crippen molar-refractivity contribution in [2.75, 3.05) is 26.4 Å². The van der Waals surface area contributed by atoms with Crippen LogP contribution in [0.5, 0.6) is 0 Å². The van der Waals surface area contributed by atoms with Gasteiger partial charge in [0.05, 0.1) is 26.4 Å². The smallest absolute Gasteiger partial charge is 0.323 e. The maximum atomic E-state index is 13.6. The number of carbonyl (C=O) groups excluding carboxylic acids is 4. The van der Waals surface area contributed by atoms with E-state index in [0.29, 0.717) is 25.7 Å². The Morgan fingerprint density at radius 2 is 0.593 bits per heavy atom. The fourth-order valence-electron chi connectivity index (χ4n) is 7.42. The van der Waals surface area contributed by atoms with Gasteiger partial charge >= 0.3 is 23.9 Å². The van der Waals surface area contributed by atoms with Gasteiger partial charge in [0.25, 0.3) is 0 Å². The average molecular weight is 759 g/mol. The topological polar surface area (TPSA) is 105 Å². The van der Waals surface area contributed by atoms with E-state index in [1.54, 1.807) is 27.7 Å². The summed E-state index contributed by atoms with van der Waals surface area (Å²) in [6, 6.07) is 7.51. The first-order valence-corrected chi connectivity index (χ1v) is 22.0. The molecule has 8 heteroatoms. The first-order chi connectivity index (χ1) is 26.2. The minimum absolute atomic E-state index is 0.141. The second kappa shape index (κ2) is 30.3. The molecule has 0 aliphatic carbocycles. The first kappa shape index (κ1) is 49.1. The van der Waals surface area contributed by atoms with Crippen LogP contribution in [0.1, 0.15) is 194 Å². The molecule has 0 spiro atoms. The normalized spacial score (nSPS) is 11.7. The van der Waals surface area contributed by atoms with Crippen molar-refractivity contribution in [3.63, 3.8) is 0 Å². The van der Waals surface area contributed by atoms with Crippen LogP contribution in [0.4, 0.5) is 0 Å². The van der Waals surface area contributed by atoms with Crippen molar-refractivity contribution >= 4 is 23.9 Å². The van der Waals surface area contributed by atoms with Crippen LogP contribution in [0.2, 0.25) is 0 Å². The summed E-state index contributed by atoms with van der Waals surface area (Å²) in [6.45, 7) is 12.1. The largest absolute Gasteiger partial charge is 0.465 e. The lowest BCUT2D eigenvalue weighted by Gasteiger charge is -2.30. The summed E-state index contributed by atoms with van der Waals surface area (Å²) in [5.41, 5.74) is -1.36. The molecule has 0 aromatic heterocycles. The Bertz CT molecular complexity index is 1020. The van der Waals surface area contributed by atoms with Gasteiger partial charge in [-0.25, -0.2) is 0 Å². The second-order valence-corrected chi connectivity index (χ2v) is 15.1. The predicted octanol–water partition coefficient (Wildman–Crippen LogP) is 11.6. The molecule has 0 atom stereocenters. The Labute approximate surface area is 329 Å². The third kappa shape index (κ3) is 18.2. The van der Waals surface area contributed by atoms with Gasteiger partial charge in [-0.05, 0) is 64.5 Å². The van der Waals surface area contributed by atoms with Gasteiger partial charge in [-0.15, -0.1) is 0 Å². The van der Waals surface area contributed by atoms with Gasteiger partial charge in [-0.3, -0.25) is 19.2 Å². The molecule has 0 unspecified atom stereocenters. The average Bonchev–Trinajstić information content (AvgIpc) is 3.16. The highest BCUT2D eigenvalue weighted by atomic mass is 16.6. The highest BCUT2D eigenvalue weighted by Gasteiger charge is 2.50. The summed E-state index contributed by atoms with van der Waals surface area (Å²) in [7, 11) is 0. The number of esters is 4. The molecule has 1 aromatic carbocycles. The van der Waals surface area contributed by atoms with Crippen molar-refractivity contribution < 1.29 is 38.1 Å². The van der Waals surface area contributed by atoms with Crippen molar-refractivity contribution in [2.45, 2.75) is 196 Å². The van der Waals surface area contributed by atoms with Crippen LogP contribution in [0.15, 0.2) is 24.3 Å². The molecule has 0 fully saturated rings. The molecule has 0 saturated carbocycles. The SMILES string of the molecule is CCCCCCCCCCCCC(Cc1ccc(CC(CCCCCCCCCCCC)(C(=O)OCC)C(=O)OCC)cc1)(C(=O)OCC)C(=O)OCC. The number of ether oxygens (including phenoxy) is 4. The Hall–Kier alpha value is -2.90. The van der Waals surface area contributed by atoms with Gasteiger partial charge in [0.15, 0.2) is 10.8 Å². The van der Waals surface area contributed by atoms with Crippen molar-refractivity contribution in [3.8, 4) is 0 Å². The highest BCUT2D eigenvalue weighted by Crippen LogP contribution is 2.36. The number of hydrogen-bond donors (Lipinski definition) is 0. The van der Waals surface area contributed by atoms with E-state index >= 15 is 0 Å². The Morgan fingerprint density at radius 1 is 0.370 bits per heavy atom. The van der Waals surface area contributed by atoms with Crippen molar-refractivity contribution in [2.24, 2.45) is 10.8 Å². The summed E-state index contributed by atoms with van der Waals surface area (Å²) < 4.78 is 22.1. The summed E-state index contributed by atoms with van der Waals surface area (Å²) in [4.78, 5) is 54.5. The lowest BCUT2D eigenvalue weighted by Crippen LogP contribution is -2.44. The van der Waals surface area contributed by atoms with Crippen LogP contribution in [0, 0.1) is 10.8 Å². The third-order valence-electron chi connectivity index (χ3n) is 10.6. The Balaban J connectivity index is 3.16. The summed E-state index contributed by atoms with van der Waals surface area (Å²) >= 11 is 0. The molecule has 0 saturated heterocycles. The molecule has 0 heterocycles. The van der Waals surface area contributed by atoms with E-state index in [2.05, 4.69) is 13.8 Å². The predicted molar refractivity (Wildman–Crippen MR) is 218 cm³/mol. The van der Waals surface area contributed by atoms with Gasteiger partial charge in [0, 0.05) is 0 Å². The number of carbonyl (C=O) groups is 4. The maximum Gasteiger partial charge on any atom is 0.323 e. The van der Waals surface area contributed by atoms with Gasteiger partial charge in [-0.1, -0.05) is 167 Å². The zero-order chi connectivity index (χ0) is 39.9. The quantitative estimate of drug-likeness (QED) is 0.0296. The molecule has 0 aliphatic rings. The summed E-state index contributed by atoms with van der Waals surface area (Å²) in [6.07, 6.45) is 23.9. The van der Waals surface area contributed by atoms with Crippen molar-refractivity contribution in [1.82, 2.24) is 0 Å². The summed E-state index contributed by atoms with van der Waals surface area (Å²) in [5, 5.41) is 0. The lowest BCUT2D eigenvalue weighted by atomic mass is 9.75. The molecule has 0 amide bonds. The van der Waals surface area contributed by atoms with Crippen LogP contribution in [-0.4, -0.2) is 50.3 Å². The van der Waals surface area contributed by atoms with Gasteiger partial charge < -0.3 is 18.9 Å². The van der Waals surface area contributed by atoms with E-state index in [-0.39, 0.29) is 39.3 Å². The van der Waals surface area contributed by atoms with E-state index in [4.69, 9.17) is 18.9 Å². The van der Waals surface area contributed by atoms with E-state index in [9.17, 15) is 19.2 Å².